The normalized spacial score (nSPS) is 23.3. The lowest BCUT2D eigenvalue weighted by Crippen LogP contribution is -2.36. The molecule has 1 aromatic rings. The summed E-state index contributed by atoms with van der Waals surface area (Å²) in [6, 6.07) is 5.93. The van der Waals surface area contributed by atoms with Gasteiger partial charge < -0.3 is 10.1 Å². The van der Waals surface area contributed by atoms with Crippen LogP contribution >= 0.6 is 23.2 Å². The summed E-state index contributed by atoms with van der Waals surface area (Å²) in [4.78, 5) is 0. The largest absolute Gasteiger partial charge is 0.492 e. The highest BCUT2D eigenvalue weighted by atomic mass is 35.5. The lowest BCUT2D eigenvalue weighted by molar-refractivity contribution is 0.266. The third kappa shape index (κ3) is 5.21. The zero-order chi connectivity index (χ0) is 13.7. The molecule has 1 fully saturated rings. The van der Waals surface area contributed by atoms with Gasteiger partial charge in [0.05, 0.1) is 0 Å². The molecule has 2 atom stereocenters. The molecule has 19 heavy (non-hydrogen) atoms. The fourth-order valence-electron chi connectivity index (χ4n) is 2.66. The maximum atomic E-state index is 5.92. The minimum Gasteiger partial charge on any atom is -0.492 e. The second-order valence-electron chi connectivity index (χ2n) is 5.38. The fourth-order valence-corrected chi connectivity index (χ4v) is 3.17. The smallest absolute Gasteiger partial charge is 0.122 e. The van der Waals surface area contributed by atoms with E-state index in [-0.39, 0.29) is 0 Å². The maximum Gasteiger partial charge on any atom is 0.122 e. The van der Waals surface area contributed by atoms with Gasteiger partial charge in [0.15, 0.2) is 0 Å². The van der Waals surface area contributed by atoms with E-state index in [9.17, 15) is 0 Å². The first-order chi connectivity index (χ1) is 9.13. The lowest BCUT2D eigenvalue weighted by Gasteiger charge is -2.27. The zero-order valence-electron chi connectivity index (χ0n) is 11.3. The van der Waals surface area contributed by atoms with Crippen molar-refractivity contribution in [1.29, 1.82) is 0 Å². The van der Waals surface area contributed by atoms with Gasteiger partial charge in [0, 0.05) is 22.6 Å². The summed E-state index contributed by atoms with van der Waals surface area (Å²) in [5.41, 5.74) is 0. The van der Waals surface area contributed by atoms with E-state index in [1.54, 1.807) is 18.2 Å². The molecule has 0 aromatic heterocycles. The highest BCUT2D eigenvalue weighted by Crippen LogP contribution is 2.24. The topological polar surface area (TPSA) is 21.3 Å². The van der Waals surface area contributed by atoms with Crippen molar-refractivity contribution in [2.75, 3.05) is 13.2 Å². The van der Waals surface area contributed by atoms with E-state index < -0.39 is 0 Å². The summed E-state index contributed by atoms with van der Waals surface area (Å²) < 4.78 is 5.65. The van der Waals surface area contributed by atoms with E-state index in [4.69, 9.17) is 27.9 Å². The first-order valence-corrected chi connectivity index (χ1v) is 7.71. The SMILES string of the molecule is CC1CCCC(NCCOc2cc(Cl)cc(Cl)c2)C1. The van der Waals surface area contributed by atoms with E-state index in [2.05, 4.69) is 12.2 Å². The van der Waals surface area contributed by atoms with Crippen LogP contribution in [0.15, 0.2) is 18.2 Å². The van der Waals surface area contributed by atoms with Crippen molar-refractivity contribution in [2.24, 2.45) is 5.92 Å². The standard InChI is InChI=1S/C15H21Cl2NO/c1-11-3-2-4-14(7-11)18-5-6-19-15-9-12(16)8-13(17)10-15/h8-11,14,18H,2-7H2,1H3. The minimum absolute atomic E-state index is 0.608. The monoisotopic (exact) mass is 301 g/mol. The zero-order valence-corrected chi connectivity index (χ0v) is 12.8. The Morgan fingerprint density at radius 1 is 1.21 bits per heavy atom. The summed E-state index contributed by atoms with van der Waals surface area (Å²) in [6.45, 7) is 3.83. The van der Waals surface area contributed by atoms with Crippen LogP contribution in [0.1, 0.15) is 32.6 Å². The van der Waals surface area contributed by atoms with Gasteiger partial charge in [0.2, 0.25) is 0 Å². The van der Waals surface area contributed by atoms with Crippen molar-refractivity contribution < 1.29 is 4.74 Å². The summed E-state index contributed by atoms with van der Waals surface area (Å²) >= 11 is 11.8. The Kier molecular flexibility index (Phi) is 5.80. The van der Waals surface area contributed by atoms with Gasteiger partial charge in [-0.2, -0.15) is 0 Å². The van der Waals surface area contributed by atoms with Gasteiger partial charge in [0.1, 0.15) is 12.4 Å². The van der Waals surface area contributed by atoms with Crippen LogP contribution < -0.4 is 10.1 Å². The van der Waals surface area contributed by atoms with Crippen molar-refractivity contribution in [2.45, 2.75) is 38.6 Å². The molecule has 0 spiro atoms. The number of hydrogen-bond donors (Lipinski definition) is 1. The van der Waals surface area contributed by atoms with Gasteiger partial charge in [-0.1, -0.05) is 43.0 Å². The number of rotatable bonds is 5. The van der Waals surface area contributed by atoms with E-state index >= 15 is 0 Å². The molecule has 0 aliphatic heterocycles. The van der Waals surface area contributed by atoms with Crippen LogP contribution in [0.5, 0.6) is 5.75 Å². The van der Waals surface area contributed by atoms with Crippen molar-refractivity contribution in [3.8, 4) is 5.75 Å². The Morgan fingerprint density at radius 3 is 2.63 bits per heavy atom. The average molecular weight is 302 g/mol. The van der Waals surface area contributed by atoms with Gasteiger partial charge in [-0.25, -0.2) is 0 Å². The molecule has 1 saturated carbocycles. The Morgan fingerprint density at radius 2 is 1.95 bits per heavy atom. The number of halogens is 2. The van der Waals surface area contributed by atoms with E-state index in [0.29, 0.717) is 22.7 Å². The molecule has 1 aromatic carbocycles. The second-order valence-corrected chi connectivity index (χ2v) is 6.25. The third-order valence-electron chi connectivity index (χ3n) is 3.58. The molecule has 0 bridgehead atoms. The predicted octanol–water partition coefficient (Wildman–Crippen LogP) is 4.54. The first-order valence-electron chi connectivity index (χ1n) is 6.96. The summed E-state index contributed by atoms with van der Waals surface area (Å²) in [6.07, 6.45) is 5.27. The summed E-state index contributed by atoms with van der Waals surface area (Å²) in [5, 5.41) is 4.78. The van der Waals surface area contributed by atoms with Crippen LogP contribution in [0.3, 0.4) is 0 Å². The number of benzene rings is 1. The average Bonchev–Trinajstić information content (AvgIpc) is 2.34. The number of ether oxygens (including phenoxy) is 1. The molecule has 4 heteroatoms. The Hall–Kier alpha value is -0.440. The van der Waals surface area contributed by atoms with Crippen LogP contribution in [0.2, 0.25) is 10.0 Å². The quantitative estimate of drug-likeness (QED) is 0.806. The molecule has 0 heterocycles. The number of hydrogen-bond acceptors (Lipinski definition) is 2. The highest BCUT2D eigenvalue weighted by molar-refractivity contribution is 6.34. The molecule has 0 amide bonds. The minimum atomic E-state index is 0.608. The molecular weight excluding hydrogens is 281 g/mol. The molecule has 2 rings (SSSR count). The van der Waals surface area contributed by atoms with Gasteiger partial charge in [-0.15, -0.1) is 0 Å². The van der Waals surface area contributed by atoms with Gasteiger partial charge in [-0.05, 0) is 37.0 Å². The van der Waals surface area contributed by atoms with Crippen LogP contribution in [0, 0.1) is 5.92 Å². The second kappa shape index (κ2) is 7.37. The van der Waals surface area contributed by atoms with Gasteiger partial charge >= 0.3 is 0 Å². The van der Waals surface area contributed by atoms with Crippen molar-refractivity contribution in [3.05, 3.63) is 28.2 Å². The third-order valence-corrected chi connectivity index (χ3v) is 4.01. The van der Waals surface area contributed by atoms with E-state index in [0.717, 1.165) is 18.2 Å². The van der Waals surface area contributed by atoms with Gasteiger partial charge in [0.25, 0.3) is 0 Å². The maximum absolute atomic E-state index is 5.92. The van der Waals surface area contributed by atoms with Crippen molar-refractivity contribution >= 4 is 23.2 Å². The van der Waals surface area contributed by atoms with Crippen LogP contribution in [0.4, 0.5) is 0 Å². The molecule has 1 N–H and O–H groups in total. The Bertz CT molecular complexity index is 391. The molecule has 2 unspecified atom stereocenters. The number of nitrogens with one attached hydrogen (secondary N) is 1. The van der Waals surface area contributed by atoms with Gasteiger partial charge in [-0.3, -0.25) is 0 Å². The summed E-state index contributed by atoms with van der Waals surface area (Å²) in [7, 11) is 0. The van der Waals surface area contributed by atoms with Crippen LogP contribution in [-0.4, -0.2) is 19.2 Å². The highest BCUT2D eigenvalue weighted by Gasteiger charge is 2.17. The Labute approximate surface area is 125 Å². The first kappa shape index (κ1) is 15.0. The fraction of sp³-hybridized carbons (Fsp3) is 0.600. The van der Waals surface area contributed by atoms with Crippen molar-refractivity contribution in [3.63, 3.8) is 0 Å². The summed E-state index contributed by atoms with van der Waals surface area (Å²) in [5.74, 6) is 1.58. The molecule has 1 aliphatic carbocycles. The van der Waals surface area contributed by atoms with Crippen LogP contribution in [-0.2, 0) is 0 Å². The lowest BCUT2D eigenvalue weighted by atomic mass is 9.87. The van der Waals surface area contributed by atoms with Crippen molar-refractivity contribution in [1.82, 2.24) is 5.32 Å². The molecular formula is C15H21Cl2NO. The molecule has 2 nitrogen and oxygen atoms in total. The molecule has 106 valence electrons. The van der Waals surface area contributed by atoms with E-state index in [1.807, 2.05) is 0 Å². The molecule has 0 saturated heterocycles. The Balaban J connectivity index is 1.68. The van der Waals surface area contributed by atoms with Crippen LogP contribution in [0.25, 0.3) is 0 Å². The van der Waals surface area contributed by atoms with E-state index in [1.165, 1.54) is 25.7 Å². The predicted molar refractivity (Wildman–Crippen MR) is 81.4 cm³/mol. The molecule has 1 aliphatic rings. The molecule has 0 radical (unpaired) electrons.